The third kappa shape index (κ3) is 2.20. The third-order valence-electron chi connectivity index (χ3n) is 3.32. The molecular weight excluding hydrogens is 277 g/mol. The zero-order valence-corrected chi connectivity index (χ0v) is 12.0. The summed E-state index contributed by atoms with van der Waals surface area (Å²) in [6.07, 6.45) is 0. The van der Waals surface area contributed by atoms with Gasteiger partial charge in [-0.05, 0) is 24.6 Å². The first-order valence-electron chi connectivity index (χ1n) is 6.26. The van der Waals surface area contributed by atoms with Crippen LogP contribution in [0.3, 0.4) is 0 Å². The van der Waals surface area contributed by atoms with Gasteiger partial charge in [-0.2, -0.15) is 5.10 Å². The Hall–Kier alpha value is -1.82. The topological polar surface area (TPSA) is 46.9 Å². The summed E-state index contributed by atoms with van der Waals surface area (Å²) in [5.74, 6) is 0.925. The number of ketones is 1. The molecule has 0 aliphatic carbocycles. The van der Waals surface area contributed by atoms with Crippen molar-refractivity contribution in [2.45, 2.75) is 12.3 Å². The number of nitrogens with zero attached hydrogens (tertiary/aromatic N) is 2. The van der Waals surface area contributed by atoms with Crippen molar-refractivity contribution >= 4 is 23.4 Å². The van der Waals surface area contributed by atoms with Crippen molar-refractivity contribution < 1.29 is 9.18 Å². The van der Waals surface area contributed by atoms with Crippen molar-refractivity contribution in [2.24, 2.45) is 7.05 Å². The van der Waals surface area contributed by atoms with Crippen molar-refractivity contribution in [3.63, 3.8) is 0 Å². The SMILES string of the molecule is Cc1nn(C)c2c1C(=O)CSC(c1ccc(F)cc1)N2. The first-order valence-corrected chi connectivity index (χ1v) is 7.31. The number of carbonyl (C=O) groups is 1. The lowest BCUT2D eigenvalue weighted by atomic mass is 10.1. The summed E-state index contributed by atoms with van der Waals surface area (Å²) in [4.78, 5) is 12.2. The van der Waals surface area contributed by atoms with Gasteiger partial charge in [-0.1, -0.05) is 12.1 Å². The maximum atomic E-state index is 13.0. The number of Topliss-reactive ketones (excluding diaryl/α,β-unsaturated/α-hetero) is 1. The average Bonchev–Trinajstić information content (AvgIpc) is 2.59. The molecule has 0 spiro atoms. The van der Waals surface area contributed by atoms with Crippen LogP contribution in [-0.4, -0.2) is 21.3 Å². The lowest BCUT2D eigenvalue weighted by Gasteiger charge is -2.17. The molecule has 1 aromatic carbocycles. The number of aromatic nitrogens is 2. The third-order valence-corrected chi connectivity index (χ3v) is 4.47. The van der Waals surface area contributed by atoms with Crippen LogP contribution in [0.1, 0.15) is 27.0 Å². The minimum absolute atomic E-state index is 0.0766. The number of benzene rings is 1. The number of aryl methyl sites for hydroxylation is 2. The Balaban J connectivity index is 1.99. The van der Waals surface area contributed by atoms with Crippen LogP contribution in [0.2, 0.25) is 0 Å². The Morgan fingerprint density at radius 2 is 2.10 bits per heavy atom. The molecule has 104 valence electrons. The van der Waals surface area contributed by atoms with Gasteiger partial charge in [-0.3, -0.25) is 9.48 Å². The zero-order valence-electron chi connectivity index (χ0n) is 11.2. The Morgan fingerprint density at radius 3 is 2.80 bits per heavy atom. The highest BCUT2D eigenvalue weighted by Gasteiger charge is 2.27. The van der Waals surface area contributed by atoms with Crippen LogP contribution >= 0.6 is 11.8 Å². The molecule has 1 aliphatic rings. The van der Waals surface area contributed by atoms with Gasteiger partial charge < -0.3 is 5.32 Å². The Bertz CT molecular complexity index is 666. The number of hydrogen-bond acceptors (Lipinski definition) is 4. The lowest BCUT2D eigenvalue weighted by Crippen LogP contribution is -2.10. The molecule has 1 aromatic heterocycles. The van der Waals surface area contributed by atoms with Crippen molar-refractivity contribution in [3.8, 4) is 0 Å². The van der Waals surface area contributed by atoms with Crippen LogP contribution in [0.15, 0.2) is 24.3 Å². The van der Waals surface area contributed by atoms with Gasteiger partial charge in [0.05, 0.1) is 22.4 Å². The number of fused-ring (bicyclic) bond motifs is 1. The van der Waals surface area contributed by atoms with Crippen LogP contribution in [0, 0.1) is 12.7 Å². The highest BCUT2D eigenvalue weighted by Crippen LogP contribution is 2.36. The fourth-order valence-electron chi connectivity index (χ4n) is 2.37. The summed E-state index contributed by atoms with van der Waals surface area (Å²) in [6.45, 7) is 1.83. The number of carbonyl (C=O) groups excluding carboxylic acids is 1. The van der Waals surface area contributed by atoms with E-state index in [1.165, 1.54) is 23.9 Å². The van der Waals surface area contributed by atoms with Crippen LogP contribution in [0.4, 0.5) is 10.2 Å². The monoisotopic (exact) mass is 291 g/mol. The van der Waals surface area contributed by atoms with E-state index in [1.54, 1.807) is 16.8 Å². The number of nitrogens with one attached hydrogen (secondary N) is 1. The van der Waals surface area contributed by atoms with E-state index in [0.29, 0.717) is 11.3 Å². The van der Waals surface area contributed by atoms with E-state index < -0.39 is 0 Å². The van der Waals surface area contributed by atoms with Crippen LogP contribution < -0.4 is 5.32 Å². The van der Waals surface area contributed by atoms with E-state index in [1.807, 2.05) is 14.0 Å². The van der Waals surface area contributed by atoms with E-state index in [4.69, 9.17) is 0 Å². The first kappa shape index (κ1) is 13.2. The number of rotatable bonds is 1. The fraction of sp³-hybridized carbons (Fsp3) is 0.286. The Labute approximate surface area is 120 Å². The van der Waals surface area contributed by atoms with Crippen molar-refractivity contribution in [3.05, 3.63) is 46.9 Å². The molecule has 1 atom stereocenters. The summed E-state index contributed by atoms with van der Waals surface area (Å²) in [5.41, 5.74) is 2.33. The smallest absolute Gasteiger partial charge is 0.178 e. The molecule has 0 saturated carbocycles. The molecule has 1 unspecified atom stereocenters. The molecule has 20 heavy (non-hydrogen) atoms. The van der Waals surface area contributed by atoms with Crippen molar-refractivity contribution in [1.82, 2.24) is 9.78 Å². The van der Waals surface area contributed by atoms with E-state index in [2.05, 4.69) is 10.4 Å². The van der Waals surface area contributed by atoms with Crippen LogP contribution in [0.25, 0.3) is 0 Å². The van der Waals surface area contributed by atoms with E-state index in [-0.39, 0.29) is 17.0 Å². The maximum Gasteiger partial charge on any atom is 0.178 e. The highest BCUT2D eigenvalue weighted by atomic mass is 32.2. The molecule has 1 N–H and O–H groups in total. The zero-order chi connectivity index (χ0) is 14.3. The van der Waals surface area contributed by atoms with Gasteiger partial charge in [0.25, 0.3) is 0 Å². The molecule has 3 rings (SSSR count). The molecular formula is C14H14FN3OS. The largest absolute Gasteiger partial charge is 0.354 e. The van der Waals surface area contributed by atoms with Gasteiger partial charge in [0.2, 0.25) is 0 Å². The number of thioether (sulfide) groups is 1. The minimum Gasteiger partial charge on any atom is -0.354 e. The standard InChI is InChI=1S/C14H14FN3OS/c1-8-12-11(19)7-20-14(16-13(12)18(2)17-8)9-3-5-10(15)6-4-9/h3-6,14,16H,7H2,1-2H3. The van der Waals surface area contributed by atoms with Crippen LogP contribution in [0.5, 0.6) is 0 Å². The Morgan fingerprint density at radius 1 is 1.40 bits per heavy atom. The predicted molar refractivity (Wildman–Crippen MR) is 77.5 cm³/mol. The second kappa shape index (κ2) is 4.94. The molecule has 4 nitrogen and oxygen atoms in total. The van der Waals surface area contributed by atoms with Gasteiger partial charge in [0, 0.05) is 7.05 Å². The number of hydrogen-bond donors (Lipinski definition) is 1. The van der Waals surface area contributed by atoms with Crippen molar-refractivity contribution in [1.29, 1.82) is 0 Å². The molecule has 0 radical (unpaired) electrons. The molecule has 1 aliphatic heterocycles. The van der Waals surface area contributed by atoms with E-state index >= 15 is 0 Å². The first-order chi connectivity index (χ1) is 9.56. The van der Waals surface area contributed by atoms with Gasteiger partial charge in [0.1, 0.15) is 11.6 Å². The van der Waals surface area contributed by atoms with E-state index in [9.17, 15) is 9.18 Å². The quantitative estimate of drug-likeness (QED) is 0.877. The second-order valence-corrected chi connectivity index (χ2v) is 5.84. The fourth-order valence-corrected chi connectivity index (χ4v) is 3.38. The normalized spacial score (nSPS) is 18.4. The Kier molecular flexibility index (Phi) is 3.25. The summed E-state index contributed by atoms with van der Waals surface area (Å²) < 4.78 is 14.7. The van der Waals surface area contributed by atoms with Gasteiger partial charge in [0.15, 0.2) is 5.78 Å². The van der Waals surface area contributed by atoms with Crippen molar-refractivity contribution in [2.75, 3.05) is 11.1 Å². The van der Waals surface area contributed by atoms with Gasteiger partial charge in [-0.15, -0.1) is 11.8 Å². The van der Waals surface area contributed by atoms with Gasteiger partial charge in [-0.25, -0.2) is 4.39 Å². The minimum atomic E-state index is -0.263. The molecule has 0 bridgehead atoms. The van der Waals surface area contributed by atoms with Crippen LogP contribution in [-0.2, 0) is 7.05 Å². The number of anilines is 1. The number of halogens is 1. The summed E-state index contributed by atoms with van der Waals surface area (Å²) >= 11 is 1.51. The summed E-state index contributed by atoms with van der Waals surface area (Å²) in [5, 5.41) is 7.54. The average molecular weight is 291 g/mol. The summed E-state index contributed by atoms with van der Waals surface area (Å²) in [6, 6.07) is 6.33. The van der Waals surface area contributed by atoms with E-state index in [0.717, 1.165) is 17.1 Å². The molecule has 2 aromatic rings. The highest BCUT2D eigenvalue weighted by molar-refractivity contribution is 8.00. The maximum absolute atomic E-state index is 13.0. The summed E-state index contributed by atoms with van der Waals surface area (Å²) in [7, 11) is 1.81. The molecule has 0 amide bonds. The van der Waals surface area contributed by atoms with Gasteiger partial charge >= 0.3 is 0 Å². The molecule has 0 fully saturated rings. The molecule has 2 heterocycles. The second-order valence-electron chi connectivity index (χ2n) is 4.74. The lowest BCUT2D eigenvalue weighted by molar-refractivity contribution is 0.102. The molecule has 0 saturated heterocycles. The predicted octanol–water partition coefficient (Wildman–Crippen LogP) is 2.91. The molecule has 6 heteroatoms.